The zero-order valence-electron chi connectivity index (χ0n) is 7.91. The molecule has 0 aliphatic heterocycles. The molecule has 1 N–H and O–H groups in total. The molecule has 0 aromatic rings. The Kier molecular flexibility index (Phi) is 4.16. The summed E-state index contributed by atoms with van der Waals surface area (Å²) in [6, 6.07) is 0. The van der Waals surface area contributed by atoms with Crippen molar-refractivity contribution in [2.75, 3.05) is 13.1 Å². The first-order valence-corrected chi connectivity index (χ1v) is 4.89. The van der Waals surface area contributed by atoms with Gasteiger partial charge in [0.25, 0.3) is 0 Å². The van der Waals surface area contributed by atoms with E-state index >= 15 is 0 Å². The molecule has 0 unspecified atom stereocenters. The minimum absolute atomic E-state index is 0.392. The summed E-state index contributed by atoms with van der Waals surface area (Å²) in [6.07, 6.45) is 0.717. The molecule has 0 radical (unpaired) electrons. The summed E-state index contributed by atoms with van der Waals surface area (Å²) >= 11 is 0. The van der Waals surface area contributed by atoms with Gasteiger partial charge in [-0.1, -0.05) is 12.8 Å². The molecule has 0 saturated heterocycles. The quantitative estimate of drug-likeness (QED) is 0.692. The van der Waals surface area contributed by atoms with Crippen molar-refractivity contribution in [2.24, 2.45) is 5.92 Å². The van der Waals surface area contributed by atoms with E-state index in [0.29, 0.717) is 12.5 Å². The first-order valence-electron chi connectivity index (χ1n) is 4.89. The average Bonchev–Trinajstić information content (AvgIpc) is 2.56. The van der Waals surface area contributed by atoms with E-state index in [1.165, 1.54) is 0 Å². The Hall–Kier alpha value is -0.320. The van der Waals surface area contributed by atoms with E-state index in [2.05, 4.69) is 5.32 Å². The summed E-state index contributed by atoms with van der Waals surface area (Å²) in [6.45, 7) is -0.483. The Bertz CT molecular complexity index is 166. The van der Waals surface area contributed by atoms with Crippen LogP contribution in [0, 0.1) is 5.92 Å². The van der Waals surface area contributed by atoms with Gasteiger partial charge in [-0.15, -0.1) is 0 Å². The molecule has 0 amide bonds. The molecule has 1 aliphatic rings. The van der Waals surface area contributed by atoms with Crippen molar-refractivity contribution in [3.63, 3.8) is 0 Å². The van der Waals surface area contributed by atoms with Gasteiger partial charge in [-0.25, -0.2) is 8.78 Å². The molecule has 0 aromatic carbocycles. The second-order valence-electron chi connectivity index (χ2n) is 3.84. The van der Waals surface area contributed by atoms with Gasteiger partial charge in [-0.3, -0.25) is 0 Å². The summed E-state index contributed by atoms with van der Waals surface area (Å²) in [7, 11) is 0. The van der Waals surface area contributed by atoms with Crippen LogP contribution >= 0.6 is 0 Å². The van der Waals surface area contributed by atoms with Crippen molar-refractivity contribution in [3.8, 4) is 0 Å². The molecule has 0 spiro atoms. The Morgan fingerprint density at radius 1 is 1.21 bits per heavy atom. The van der Waals surface area contributed by atoms with Crippen LogP contribution in [0.15, 0.2) is 0 Å². The summed E-state index contributed by atoms with van der Waals surface area (Å²) in [5.74, 6) is -3.50. The summed E-state index contributed by atoms with van der Waals surface area (Å²) in [4.78, 5) is 0. The zero-order valence-corrected chi connectivity index (χ0v) is 7.91. The summed E-state index contributed by atoms with van der Waals surface area (Å²) in [5.41, 5.74) is 0. The van der Waals surface area contributed by atoms with Crippen LogP contribution in [0.4, 0.5) is 17.6 Å². The van der Waals surface area contributed by atoms with Crippen LogP contribution in [0.25, 0.3) is 0 Å². The highest BCUT2D eigenvalue weighted by Crippen LogP contribution is 2.25. The van der Waals surface area contributed by atoms with Gasteiger partial charge >= 0.3 is 12.3 Å². The first-order chi connectivity index (χ1) is 6.52. The van der Waals surface area contributed by atoms with E-state index < -0.39 is 18.9 Å². The second kappa shape index (κ2) is 4.96. The Balaban J connectivity index is 2.13. The molecule has 0 bridgehead atoms. The third-order valence-corrected chi connectivity index (χ3v) is 2.59. The van der Waals surface area contributed by atoms with Gasteiger partial charge in [0.2, 0.25) is 0 Å². The molecule has 0 aromatic heterocycles. The maximum Gasteiger partial charge on any atom is 0.319 e. The minimum atomic E-state index is -3.89. The van der Waals surface area contributed by atoms with E-state index in [0.717, 1.165) is 25.7 Å². The van der Waals surface area contributed by atoms with E-state index in [-0.39, 0.29) is 0 Å². The van der Waals surface area contributed by atoms with Crippen LogP contribution in [0.5, 0.6) is 0 Å². The largest absolute Gasteiger partial charge is 0.319 e. The van der Waals surface area contributed by atoms with Gasteiger partial charge in [0, 0.05) is 0 Å². The topological polar surface area (TPSA) is 12.0 Å². The Morgan fingerprint density at radius 3 is 2.29 bits per heavy atom. The molecule has 0 atom stereocenters. The molecule has 1 fully saturated rings. The highest BCUT2D eigenvalue weighted by Gasteiger charge is 2.40. The lowest BCUT2D eigenvalue weighted by Gasteiger charge is -2.17. The standard InChI is InChI=1S/C9H15F4N/c10-8(11)9(12,13)6-14-5-7-3-1-2-4-7/h7-8,14H,1-6H2. The molecule has 84 valence electrons. The molecule has 1 saturated carbocycles. The van der Waals surface area contributed by atoms with Crippen molar-refractivity contribution in [2.45, 2.75) is 38.0 Å². The fraction of sp³-hybridized carbons (Fsp3) is 1.00. The zero-order chi connectivity index (χ0) is 10.6. The van der Waals surface area contributed by atoms with Crippen LogP contribution < -0.4 is 5.32 Å². The van der Waals surface area contributed by atoms with Crippen LogP contribution in [-0.4, -0.2) is 25.4 Å². The molecular weight excluding hydrogens is 198 g/mol. The fourth-order valence-corrected chi connectivity index (χ4v) is 1.73. The Morgan fingerprint density at radius 2 is 1.79 bits per heavy atom. The molecule has 1 rings (SSSR count). The third kappa shape index (κ3) is 3.44. The van der Waals surface area contributed by atoms with Crippen LogP contribution in [0.1, 0.15) is 25.7 Å². The smallest absolute Gasteiger partial charge is 0.311 e. The number of nitrogens with one attached hydrogen (secondary N) is 1. The molecule has 1 nitrogen and oxygen atoms in total. The van der Waals surface area contributed by atoms with Gasteiger partial charge in [0.15, 0.2) is 0 Å². The van der Waals surface area contributed by atoms with Crippen molar-refractivity contribution in [3.05, 3.63) is 0 Å². The second-order valence-corrected chi connectivity index (χ2v) is 3.84. The lowest BCUT2D eigenvalue weighted by molar-refractivity contribution is -0.125. The maximum absolute atomic E-state index is 12.4. The third-order valence-electron chi connectivity index (χ3n) is 2.59. The lowest BCUT2D eigenvalue weighted by Crippen LogP contribution is -2.40. The van der Waals surface area contributed by atoms with Gasteiger partial charge in [0.1, 0.15) is 0 Å². The lowest BCUT2D eigenvalue weighted by atomic mass is 10.1. The highest BCUT2D eigenvalue weighted by molar-refractivity contribution is 4.75. The van der Waals surface area contributed by atoms with Crippen LogP contribution in [-0.2, 0) is 0 Å². The first kappa shape index (κ1) is 11.8. The van der Waals surface area contributed by atoms with E-state index in [1.807, 2.05) is 0 Å². The van der Waals surface area contributed by atoms with Gasteiger partial charge < -0.3 is 5.32 Å². The van der Waals surface area contributed by atoms with E-state index in [4.69, 9.17) is 0 Å². The minimum Gasteiger partial charge on any atom is -0.311 e. The molecular formula is C9H15F4N. The van der Waals surface area contributed by atoms with Crippen molar-refractivity contribution < 1.29 is 17.6 Å². The maximum atomic E-state index is 12.4. The van der Waals surface area contributed by atoms with Gasteiger partial charge in [0.05, 0.1) is 6.54 Å². The molecule has 1 aliphatic carbocycles. The fourth-order valence-electron chi connectivity index (χ4n) is 1.73. The van der Waals surface area contributed by atoms with Gasteiger partial charge in [-0.2, -0.15) is 8.78 Å². The number of rotatable bonds is 5. The molecule has 5 heteroatoms. The predicted octanol–water partition coefficient (Wildman–Crippen LogP) is 2.67. The van der Waals surface area contributed by atoms with Crippen molar-refractivity contribution >= 4 is 0 Å². The monoisotopic (exact) mass is 213 g/mol. The summed E-state index contributed by atoms with van der Waals surface area (Å²) in [5, 5.41) is 2.42. The van der Waals surface area contributed by atoms with Crippen LogP contribution in [0.3, 0.4) is 0 Å². The van der Waals surface area contributed by atoms with Crippen molar-refractivity contribution in [1.29, 1.82) is 0 Å². The summed E-state index contributed by atoms with van der Waals surface area (Å²) < 4.78 is 48.3. The van der Waals surface area contributed by atoms with E-state index in [9.17, 15) is 17.6 Å². The normalized spacial score (nSPS) is 19.5. The van der Waals surface area contributed by atoms with Crippen LogP contribution in [0.2, 0.25) is 0 Å². The SMILES string of the molecule is FC(F)C(F)(F)CNCC1CCCC1. The average molecular weight is 213 g/mol. The van der Waals surface area contributed by atoms with E-state index in [1.54, 1.807) is 0 Å². The highest BCUT2D eigenvalue weighted by atomic mass is 19.3. The molecule has 14 heavy (non-hydrogen) atoms. The predicted molar refractivity (Wildman–Crippen MR) is 45.8 cm³/mol. The molecule has 0 heterocycles. The number of hydrogen-bond donors (Lipinski definition) is 1. The Labute approximate surface area is 80.9 Å². The number of alkyl halides is 4. The van der Waals surface area contributed by atoms with Crippen molar-refractivity contribution in [1.82, 2.24) is 5.32 Å². The number of hydrogen-bond acceptors (Lipinski definition) is 1. The number of halogens is 4. The van der Waals surface area contributed by atoms with Gasteiger partial charge in [-0.05, 0) is 25.3 Å².